The molecule has 148 valence electrons. The second-order valence-electron chi connectivity index (χ2n) is 6.63. The van der Waals surface area contributed by atoms with Gasteiger partial charge in [-0.25, -0.2) is 12.8 Å². The molecule has 0 bridgehead atoms. The molecule has 1 aliphatic rings. The highest BCUT2D eigenvalue weighted by molar-refractivity contribution is 7.92. The van der Waals surface area contributed by atoms with Crippen molar-refractivity contribution in [1.29, 1.82) is 0 Å². The van der Waals surface area contributed by atoms with Crippen LogP contribution >= 0.6 is 0 Å². The summed E-state index contributed by atoms with van der Waals surface area (Å²) >= 11 is 0. The summed E-state index contributed by atoms with van der Waals surface area (Å²) in [6, 6.07) is 10.6. The number of esters is 1. The Hall–Kier alpha value is -2.74. The number of ketones is 1. The minimum absolute atomic E-state index is 0.203. The lowest BCUT2D eigenvalue weighted by Gasteiger charge is -2.29. The molecule has 0 amide bonds. The number of nitrogens with zero attached hydrogens (tertiary/aromatic N) is 1. The number of hydrogen-bond donors (Lipinski definition) is 0. The second-order valence-corrected chi connectivity index (χ2v) is 8.54. The van der Waals surface area contributed by atoms with E-state index in [0.29, 0.717) is 30.6 Å². The van der Waals surface area contributed by atoms with Crippen molar-refractivity contribution in [1.82, 2.24) is 0 Å². The van der Waals surface area contributed by atoms with Crippen molar-refractivity contribution >= 4 is 27.5 Å². The van der Waals surface area contributed by atoms with Crippen LogP contribution in [0.5, 0.6) is 0 Å². The van der Waals surface area contributed by atoms with Gasteiger partial charge in [0.05, 0.1) is 18.4 Å². The minimum Gasteiger partial charge on any atom is -0.457 e. The van der Waals surface area contributed by atoms with Gasteiger partial charge in [-0.1, -0.05) is 18.2 Å². The summed E-state index contributed by atoms with van der Waals surface area (Å²) < 4.78 is 43.7. The number of Topliss-reactive ketones (excluding diaryl/α,β-unsaturated/α-hetero) is 1. The zero-order chi connectivity index (χ0) is 20.3. The van der Waals surface area contributed by atoms with Crippen molar-refractivity contribution in [3.05, 3.63) is 65.0 Å². The highest BCUT2D eigenvalue weighted by Gasteiger charge is 2.24. The molecular formula is C20H20FNO5S. The number of hydrogen-bond acceptors (Lipinski definition) is 5. The summed E-state index contributed by atoms with van der Waals surface area (Å²) in [4.78, 5) is 24.2. The van der Waals surface area contributed by atoms with Crippen LogP contribution in [-0.4, -0.2) is 39.6 Å². The maximum absolute atomic E-state index is 13.6. The van der Waals surface area contributed by atoms with Gasteiger partial charge in [0.1, 0.15) is 5.82 Å². The molecule has 28 heavy (non-hydrogen) atoms. The van der Waals surface area contributed by atoms with E-state index in [1.807, 2.05) is 0 Å². The van der Waals surface area contributed by atoms with E-state index >= 15 is 0 Å². The van der Waals surface area contributed by atoms with Gasteiger partial charge in [0.2, 0.25) is 10.0 Å². The van der Waals surface area contributed by atoms with Gasteiger partial charge < -0.3 is 4.74 Å². The molecule has 0 unspecified atom stereocenters. The molecule has 8 heteroatoms. The van der Waals surface area contributed by atoms with Gasteiger partial charge >= 0.3 is 5.97 Å². The molecule has 0 aromatic heterocycles. The van der Waals surface area contributed by atoms with Crippen LogP contribution < -0.4 is 4.31 Å². The number of rotatable bonds is 6. The standard InChI is InChI=1S/C20H20FNO5S/c1-28(25,26)22-10-4-6-15-11-16(8-9-18(15)22)19(23)13-27-20(24)12-14-5-2-3-7-17(14)21/h2-3,5,7-9,11H,4,6,10,12-13H2,1H3. The molecule has 0 atom stereocenters. The topological polar surface area (TPSA) is 80.8 Å². The smallest absolute Gasteiger partial charge is 0.310 e. The molecule has 0 saturated heterocycles. The molecular weight excluding hydrogens is 385 g/mol. The third kappa shape index (κ3) is 4.56. The molecule has 2 aromatic carbocycles. The molecule has 1 aliphatic heterocycles. The molecule has 0 spiro atoms. The number of benzene rings is 2. The van der Waals surface area contributed by atoms with Crippen LogP contribution in [0.25, 0.3) is 0 Å². The van der Waals surface area contributed by atoms with Crippen LogP contribution in [0, 0.1) is 5.82 Å². The molecule has 3 rings (SSSR count). The lowest BCUT2D eigenvalue weighted by Crippen LogP contribution is -2.34. The fraction of sp³-hybridized carbons (Fsp3) is 0.300. The summed E-state index contributed by atoms with van der Waals surface area (Å²) in [5.74, 6) is -1.60. The molecule has 2 aromatic rings. The summed E-state index contributed by atoms with van der Waals surface area (Å²) in [6.45, 7) is -0.0470. The first-order chi connectivity index (χ1) is 13.3. The third-order valence-electron chi connectivity index (χ3n) is 4.53. The minimum atomic E-state index is -3.38. The number of aryl methyl sites for hydroxylation is 1. The molecule has 0 saturated carbocycles. The maximum Gasteiger partial charge on any atom is 0.310 e. The lowest BCUT2D eigenvalue weighted by molar-refractivity contribution is -0.141. The van der Waals surface area contributed by atoms with Crippen molar-refractivity contribution < 1.29 is 27.1 Å². The number of halogens is 1. The van der Waals surface area contributed by atoms with Gasteiger partial charge in [-0.05, 0) is 48.2 Å². The van der Waals surface area contributed by atoms with Gasteiger partial charge in [0.15, 0.2) is 12.4 Å². The van der Waals surface area contributed by atoms with Crippen LogP contribution in [0.15, 0.2) is 42.5 Å². The van der Waals surface area contributed by atoms with Gasteiger partial charge in [0.25, 0.3) is 0 Å². The monoisotopic (exact) mass is 405 g/mol. The van der Waals surface area contributed by atoms with Crippen LogP contribution in [-0.2, 0) is 32.4 Å². The van der Waals surface area contributed by atoms with Gasteiger partial charge in [-0.2, -0.15) is 0 Å². The number of carbonyl (C=O) groups is 2. The number of sulfonamides is 1. The quantitative estimate of drug-likeness (QED) is 0.545. The average molecular weight is 405 g/mol. The predicted molar refractivity (Wildman–Crippen MR) is 102 cm³/mol. The molecule has 0 radical (unpaired) electrons. The van der Waals surface area contributed by atoms with Crippen LogP contribution in [0.1, 0.15) is 27.9 Å². The second kappa shape index (κ2) is 8.10. The van der Waals surface area contributed by atoms with Crippen molar-refractivity contribution in [3.63, 3.8) is 0 Å². The fourth-order valence-electron chi connectivity index (χ4n) is 3.16. The Morgan fingerprint density at radius 3 is 2.64 bits per heavy atom. The molecule has 1 heterocycles. The summed E-state index contributed by atoms with van der Waals surface area (Å²) in [5, 5.41) is 0. The van der Waals surface area contributed by atoms with E-state index in [1.165, 1.54) is 28.6 Å². The van der Waals surface area contributed by atoms with Crippen molar-refractivity contribution in [2.24, 2.45) is 0 Å². The van der Waals surface area contributed by atoms with Gasteiger partial charge in [0, 0.05) is 12.1 Å². The van der Waals surface area contributed by atoms with E-state index in [4.69, 9.17) is 4.74 Å². The summed E-state index contributed by atoms with van der Waals surface area (Å²) in [7, 11) is -3.38. The fourth-order valence-corrected chi connectivity index (χ4v) is 4.15. The van der Waals surface area contributed by atoms with Crippen LogP contribution in [0.2, 0.25) is 0 Å². The molecule has 0 fully saturated rings. The predicted octanol–water partition coefficient (Wildman–Crippen LogP) is 2.51. The first-order valence-electron chi connectivity index (χ1n) is 8.78. The van der Waals surface area contributed by atoms with Crippen molar-refractivity contribution in [2.75, 3.05) is 23.7 Å². The molecule has 0 N–H and O–H groups in total. The third-order valence-corrected chi connectivity index (χ3v) is 5.71. The van der Waals surface area contributed by atoms with Crippen LogP contribution in [0.3, 0.4) is 0 Å². The summed E-state index contributed by atoms with van der Waals surface area (Å²) in [6.07, 6.45) is 2.22. The maximum atomic E-state index is 13.6. The number of ether oxygens (including phenoxy) is 1. The average Bonchev–Trinajstić information content (AvgIpc) is 2.66. The van der Waals surface area contributed by atoms with Crippen molar-refractivity contribution in [2.45, 2.75) is 19.3 Å². The van der Waals surface area contributed by atoms with Gasteiger partial charge in [-0.3, -0.25) is 13.9 Å². The van der Waals surface area contributed by atoms with E-state index in [1.54, 1.807) is 18.2 Å². The highest BCUT2D eigenvalue weighted by atomic mass is 32.2. The number of anilines is 1. The van der Waals surface area contributed by atoms with E-state index in [0.717, 1.165) is 11.8 Å². The SMILES string of the molecule is CS(=O)(=O)N1CCCc2cc(C(=O)COC(=O)Cc3ccccc3F)ccc21. The van der Waals surface area contributed by atoms with E-state index in [-0.39, 0.29) is 12.0 Å². The van der Waals surface area contributed by atoms with E-state index < -0.39 is 34.2 Å². The molecule has 0 aliphatic carbocycles. The van der Waals surface area contributed by atoms with Crippen molar-refractivity contribution in [3.8, 4) is 0 Å². The first kappa shape index (κ1) is 20.0. The van der Waals surface area contributed by atoms with Gasteiger partial charge in [-0.15, -0.1) is 0 Å². The Bertz CT molecular complexity index is 1020. The first-order valence-corrected chi connectivity index (χ1v) is 10.6. The number of fused-ring (bicyclic) bond motifs is 1. The lowest BCUT2D eigenvalue weighted by atomic mass is 9.99. The zero-order valence-corrected chi connectivity index (χ0v) is 16.2. The normalized spacial score (nSPS) is 13.7. The Morgan fingerprint density at radius 2 is 1.93 bits per heavy atom. The zero-order valence-electron chi connectivity index (χ0n) is 15.4. The van der Waals surface area contributed by atoms with E-state index in [2.05, 4.69) is 0 Å². The largest absolute Gasteiger partial charge is 0.457 e. The van der Waals surface area contributed by atoms with Crippen LogP contribution in [0.4, 0.5) is 10.1 Å². The summed E-state index contributed by atoms with van der Waals surface area (Å²) in [5.41, 5.74) is 1.88. The highest BCUT2D eigenvalue weighted by Crippen LogP contribution is 2.30. The Kier molecular flexibility index (Phi) is 5.79. The van der Waals surface area contributed by atoms with E-state index in [9.17, 15) is 22.4 Å². The Labute approximate surface area is 163 Å². The molecule has 6 nitrogen and oxygen atoms in total. The Balaban J connectivity index is 1.65. The number of carbonyl (C=O) groups excluding carboxylic acids is 2. The Morgan fingerprint density at radius 1 is 1.18 bits per heavy atom.